The second-order valence-corrected chi connectivity index (χ2v) is 7.40. The van der Waals surface area contributed by atoms with Crippen molar-refractivity contribution in [1.29, 1.82) is 0 Å². The van der Waals surface area contributed by atoms with E-state index >= 15 is 0 Å². The number of hydrogen-bond acceptors (Lipinski definition) is 5. The first-order chi connectivity index (χ1) is 7.31. The number of rotatable bonds is 5. The van der Waals surface area contributed by atoms with Crippen molar-refractivity contribution in [2.45, 2.75) is 31.3 Å². The second-order valence-electron chi connectivity index (χ2n) is 3.65. The first kappa shape index (κ1) is 13.1. The molecule has 0 atom stereocenters. The third-order valence-electron chi connectivity index (χ3n) is 1.97. The fourth-order valence-electron chi connectivity index (χ4n) is 0.984. The zero-order chi connectivity index (χ0) is 12.3. The Morgan fingerprint density at radius 1 is 1.56 bits per heavy atom. The molecule has 90 valence electrons. The number of carbonyl (C=O) groups is 1. The van der Waals surface area contributed by atoms with E-state index < -0.39 is 21.1 Å². The van der Waals surface area contributed by atoms with E-state index in [9.17, 15) is 13.2 Å². The minimum atomic E-state index is -3.17. The van der Waals surface area contributed by atoms with E-state index in [4.69, 9.17) is 5.11 Å². The highest BCUT2D eigenvalue weighted by Gasteiger charge is 2.19. The average Bonchev–Trinajstić information content (AvgIpc) is 2.50. The summed E-state index contributed by atoms with van der Waals surface area (Å²) in [5.74, 6) is -1.06. The van der Waals surface area contributed by atoms with Gasteiger partial charge in [-0.05, 0) is 13.8 Å². The number of aliphatic carboxylic acids is 1. The molecule has 0 saturated heterocycles. The van der Waals surface area contributed by atoms with Crippen molar-refractivity contribution < 1.29 is 18.3 Å². The number of sulfone groups is 1. The molecule has 0 bridgehead atoms. The lowest BCUT2D eigenvalue weighted by atomic mass is 10.4. The van der Waals surface area contributed by atoms with Crippen molar-refractivity contribution in [2.24, 2.45) is 0 Å². The summed E-state index contributed by atoms with van der Waals surface area (Å²) >= 11 is 1.13. The summed E-state index contributed by atoms with van der Waals surface area (Å²) in [5, 5.41) is 8.56. The van der Waals surface area contributed by atoms with E-state index in [2.05, 4.69) is 4.98 Å². The summed E-state index contributed by atoms with van der Waals surface area (Å²) in [4.78, 5) is 14.9. The quantitative estimate of drug-likeness (QED) is 0.859. The normalized spacial score (nSPS) is 11.9. The van der Waals surface area contributed by atoms with Crippen LogP contribution < -0.4 is 0 Å². The molecule has 0 aliphatic carbocycles. The van der Waals surface area contributed by atoms with Gasteiger partial charge in [0.25, 0.3) is 0 Å². The smallest absolute Gasteiger partial charge is 0.308 e. The molecule has 5 nitrogen and oxygen atoms in total. The second kappa shape index (κ2) is 4.92. The van der Waals surface area contributed by atoms with E-state index in [0.29, 0.717) is 9.88 Å². The molecule has 0 aliphatic rings. The molecule has 0 radical (unpaired) electrons. The zero-order valence-electron chi connectivity index (χ0n) is 9.00. The monoisotopic (exact) mass is 263 g/mol. The summed E-state index contributed by atoms with van der Waals surface area (Å²) < 4.78 is 23.2. The largest absolute Gasteiger partial charge is 0.481 e. The molecule has 1 aromatic heterocycles. The minimum absolute atomic E-state index is 0.112. The van der Waals surface area contributed by atoms with Crippen molar-refractivity contribution in [3.63, 3.8) is 0 Å². The highest BCUT2D eigenvalue weighted by Crippen LogP contribution is 2.18. The molecule has 16 heavy (non-hydrogen) atoms. The Morgan fingerprint density at radius 2 is 2.19 bits per heavy atom. The Bertz CT molecular complexity index is 475. The maximum Gasteiger partial charge on any atom is 0.308 e. The molecule has 1 rings (SSSR count). The van der Waals surface area contributed by atoms with Crippen LogP contribution in [0.5, 0.6) is 0 Å². The highest BCUT2D eigenvalue weighted by atomic mass is 32.2. The number of carboxylic acids is 1. The molecule has 0 saturated carbocycles. The van der Waals surface area contributed by atoms with Crippen LogP contribution in [0.3, 0.4) is 0 Å². The van der Waals surface area contributed by atoms with Crippen LogP contribution in [0.15, 0.2) is 6.20 Å². The summed E-state index contributed by atoms with van der Waals surface area (Å²) in [6.45, 7) is 3.22. The Labute approximate surface area is 98.1 Å². The van der Waals surface area contributed by atoms with E-state index in [-0.39, 0.29) is 12.2 Å². The molecule has 1 N–H and O–H groups in total. The van der Waals surface area contributed by atoms with Gasteiger partial charge >= 0.3 is 5.97 Å². The lowest BCUT2D eigenvalue weighted by molar-refractivity contribution is -0.136. The molecule has 1 heterocycles. The fourth-order valence-corrected chi connectivity index (χ4v) is 3.17. The summed E-state index contributed by atoms with van der Waals surface area (Å²) in [6, 6.07) is 0. The number of nitrogens with zero attached hydrogens (tertiary/aromatic N) is 1. The van der Waals surface area contributed by atoms with Crippen molar-refractivity contribution in [1.82, 2.24) is 4.98 Å². The van der Waals surface area contributed by atoms with E-state index in [1.54, 1.807) is 13.8 Å². The van der Waals surface area contributed by atoms with E-state index in [1.165, 1.54) is 6.20 Å². The lowest BCUT2D eigenvalue weighted by Crippen LogP contribution is -2.15. The van der Waals surface area contributed by atoms with Crippen LogP contribution >= 0.6 is 11.3 Å². The van der Waals surface area contributed by atoms with Crippen LogP contribution in [-0.2, 0) is 26.8 Å². The van der Waals surface area contributed by atoms with Crippen molar-refractivity contribution in [2.75, 3.05) is 0 Å². The molecule has 7 heteroatoms. The molecule has 0 spiro atoms. The van der Waals surface area contributed by atoms with E-state index in [1.807, 2.05) is 0 Å². The predicted molar refractivity (Wildman–Crippen MR) is 61.2 cm³/mol. The van der Waals surface area contributed by atoms with Gasteiger partial charge in [0, 0.05) is 11.1 Å². The predicted octanol–water partition coefficient (Wildman–Crippen LogP) is 1.09. The summed E-state index contributed by atoms with van der Waals surface area (Å²) in [7, 11) is -3.17. The van der Waals surface area contributed by atoms with Gasteiger partial charge in [-0.2, -0.15) is 0 Å². The first-order valence-corrected chi connectivity index (χ1v) is 7.21. The van der Waals surface area contributed by atoms with Crippen LogP contribution in [0.25, 0.3) is 0 Å². The van der Waals surface area contributed by atoms with Crippen LogP contribution in [0.1, 0.15) is 23.7 Å². The number of hydrogen-bond donors (Lipinski definition) is 1. The minimum Gasteiger partial charge on any atom is -0.481 e. The maximum atomic E-state index is 11.6. The molecule has 0 amide bonds. The molecule has 0 fully saturated rings. The summed E-state index contributed by atoms with van der Waals surface area (Å²) in [5.41, 5.74) is 0. The van der Waals surface area contributed by atoms with Gasteiger partial charge in [-0.1, -0.05) is 0 Å². The fraction of sp³-hybridized carbons (Fsp3) is 0.556. The van der Waals surface area contributed by atoms with Gasteiger partial charge in [-0.25, -0.2) is 13.4 Å². The van der Waals surface area contributed by atoms with Crippen LogP contribution in [0.4, 0.5) is 0 Å². The van der Waals surface area contributed by atoms with Gasteiger partial charge in [-0.15, -0.1) is 11.3 Å². The molecule has 0 aliphatic heterocycles. The van der Waals surface area contributed by atoms with Gasteiger partial charge < -0.3 is 5.11 Å². The van der Waals surface area contributed by atoms with Crippen LogP contribution in [-0.4, -0.2) is 29.7 Å². The molecule has 0 unspecified atom stereocenters. The topological polar surface area (TPSA) is 84.3 Å². The highest BCUT2D eigenvalue weighted by molar-refractivity contribution is 7.91. The average molecular weight is 263 g/mol. The standard InChI is InChI=1S/C9H13NO4S2/c1-6(2)16(13,14)5-8-10-4-7(15-8)3-9(11)12/h4,6H,3,5H2,1-2H3,(H,11,12). The summed E-state index contributed by atoms with van der Waals surface area (Å²) in [6.07, 6.45) is 1.31. The van der Waals surface area contributed by atoms with Gasteiger partial charge in [-0.3, -0.25) is 4.79 Å². The molecular weight excluding hydrogens is 250 g/mol. The van der Waals surface area contributed by atoms with Crippen molar-refractivity contribution in [3.8, 4) is 0 Å². The number of carboxylic acid groups (broad SMARTS) is 1. The molecular formula is C9H13NO4S2. The third-order valence-corrected chi connectivity index (χ3v) is 5.26. The van der Waals surface area contributed by atoms with E-state index in [0.717, 1.165) is 11.3 Å². The SMILES string of the molecule is CC(C)S(=O)(=O)Cc1ncc(CC(=O)O)s1. The number of aromatic nitrogens is 1. The molecule has 0 aromatic carbocycles. The van der Waals surface area contributed by atoms with Gasteiger partial charge in [0.15, 0.2) is 9.84 Å². The Kier molecular flexibility index (Phi) is 4.03. The van der Waals surface area contributed by atoms with Crippen LogP contribution in [0, 0.1) is 0 Å². The Hall–Kier alpha value is -0.950. The van der Waals surface area contributed by atoms with Gasteiger partial charge in [0.1, 0.15) is 10.8 Å². The van der Waals surface area contributed by atoms with Crippen molar-refractivity contribution in [3.05, 3.63) is 16.1 Å². The Morgan fingerprint density at radius 3 is 2.69 bits per heavy atom. The zero-order valence-corrected chi connectivity index (χ0v) is 10.6. The lowest BCUT2D eigenvalue weighted by Gasteiger charge is -2.04. The van der Waals surface area contributed by atoms with Crippen LogP contribution in [0.2, 0.25) is 0 Å². The van der Waals surface area contributed by atoms with Crippen molar-refractivity contribution >= 4 is 27.1 Å². The van der Waals surface area contributed by atoms with Gasteiger partial charge in [0.05, 0.1) is 11.7 Å². The van der Waals surface area contributed by atoms with Gasteiger partial charge in [0.2, 0.25) is 0 Å². The number of thiazole rings is 1. The third kappa shape index (κ3) is 3.57. The molecule has 1 aromatic rings. The Balaban J connectivity index is 2.77. The maximum absolute atomic E-state index is 11.6. The first-order valence-electron chi connectivity index (χ1n) is 4.68.